The van der Waals surface area contributed by atoms with E-state index in [-0.39, 0.29) is 12.8 Å². The number of rotatable bonds is 2. The molecule has 0 aromatic carbocycles. The molecule has 4 amide bonds. The van der Waals surface area contributed by atoms with Gasteiger partial charge >= 0.3 is 0 Å². The van der Waals surface area contributed by atoms with E-state index in [1.165, 1.54) is 0 Å². The Morgan fingerprint density at radius 2 is 1.24 bits per heavy atom. The number of hydrogen-bond acceptors (Lipinski definition) is 5. The minimum atomic E-state index is -0.428. The quantitative estimate of drug-likeness (QED) is 0.637. The molecule has 0 bridgehead atoms. The molecule has 0 aromatic rings. The molecule has 0 aromatic heterocycles. The van der Waals surface area contributed by atoms with Gasteiger partial charge in [0.15, 0.2) is 0 Å². The summed E-state index contributed by atoms with van der Waals surface area (Å²) in [7, 11) is 0. The Balaban J connectivity index is 2.12. The smallest absolute Gasteiger partial charge is 0.248 e. The van der Waals surface area contributed by atoms with Crippen molar-refractivity contribution in [2.24, 2.45) is 11.8 Å². The molecule has 92 valence electrons. The van der Waals surface area contributed by atoms with Crippen LogP contribution in [0.5, 0.6) is 0 Å². The molecule has 2 fully saturated rings. The summed E-state index contributed by atoms with van der Waals surface area (Å²) in [6.07, 6.45) is 0.190. The fraction of sp³-hybridized carbons (Fsp3) is 0.600. The van der Waals surface area contributed by atoms with E-state index in [0.717, 1.165) is 10.0 Å². The van der Waals surface area contributed by atoms with Crippen LogP contribution in [-0.2, 0) is 19.2 Å². The predicted molar refractivity (Wildman–Crippen MR) is 54.4 cm³/mol. The van der Waals surface area contributed by atoms with Crippen LogP contribution in [0.15, 0.2) is 0 Å². The fourth-order valence-corrected chi connectivity index (χ4v) is 1.88. The summed E-state index contributed by atoms with van der Waals surface area (Å²) in [6.45, 7) is 3.25. The van der Waals surface area contributed by atoms with Gasteiger partial charge in [-0.3, -0.25) is 19.2 Å². The lowest BCUT2D eigenvalue weighted by Crippen LogP contribution is -2.54. The van der Waals surface area contributed by atoms with Crippen LogP contribution in [0.4, 0.5) is 0 Å². The van der Waals surface area contributed by atoms with Gasteiger partial charge in [0.2, 0.25) is 23.6 Å². The van der Waals surface area contributed by atoms with Gasteiger partial charge in [-0.05, 0) is 0 Å². The molecule has 0 spiro atoms. The van der Waals surface area contributed by atoms with Crippen molar-refractivity contribution < 1.29 is 19.2 Å². The monoisotopic (exact) mass is 239 g/mol. The highest BCUT2D eigenvalue weighted by Crippen LogP contribution is 2.20. The first-order valence-electron chi connectivity index (χ1n) is 5.41. The van der Waals surface area contributed by atoms with Crippen LogP contribution in [0.3, 0.4) is 0 Å². The number of amides is 4. The van der Waals surface area contributed by atoms with Crippen LogP contribution in [0.25, 0.3) is 0 Å². The molecular formula is C10H13N3O4. The van der Waals surface area contributed by atoms with Crippen molar-refractivity contribution in [2.45, 2.75) is 26.7 Å². The van der Waals surface area contributed by atoms with Gasteiger partial charge < -0.3 is 0 Å². The third kappa shape index (κ3) is 1.82. The third-order valence-electron chi connectivity index (χ3n) is 2.94. The minimum absolute atomic E-state index is 0.0948. The Hall–Kier alpha value is -1.76. The van der Waals surface area contributed by atoms with E-state index >= 15 is 0 Å². The second-order valence-electron chi connectivity index (χ2n) is 4.45. The first-order chi connectivity index (χ1) is 7.91. The maximum absolute atomic E-state index is 11.6. The van der Waals surface area contributed by atoms with Crippen molar-refractivity contribution in [3.8, 4) is 0 Å². The zero-order valence-electron chi connectivity index (χ0n) is 9.60. The number of nitrogens with zero attached hydrogens (tertiary/aromatic N) is 2. The van der Waals surface area contributed by atoms with E-state index in [1.807, 2.05) is 0 Å². The van der Waals surface area contributed by atoms with E-state index in [1.54, 1.807) is 13.8 Å². The van der Waals surface area contributed by atoms with E-state index < -0.39 is 35.5 Å². The van der Waals surface area contributed by atoms with Gasteiger partial charge in [-0.25, -0.2) is 0 Å². The summed E-state index contributed by atoms with van der Waals surface area (Å²) in [5.74, 6) is -2.53. The van der Waals surface area contributed by atoms with Gasteiger partial charge in [0.25, 0.3) is 0 Å². The molecule has 2 saturated heterocycles. The SMILES string of the molecule is CC1CC(=O)N(NN2C(=O)CC(C)C2=O)C1=O. The zero-order valence-corrected chi connectivity index (χ0v) is 9.60. The average Bonchev–Trinajstić information content (AvgIpc) is 2.62. The van der Waals surface area contributed by atoms with Crippen LogP contribution < -0.4 is 5.53 Å². The normalized spacial score (nSPS) is 29.8. The molecule has 0 radical (unpaired) electrons. The molecule has 1 N–H and O–H groups in total. The Kier molecular flexibility index (Phi) is 2.70. The third-order valence-corrected chi connectivity index (χ3v) is 2.94. The van der Waals surface area contributed by atoms with Crippen molar-refractivity contribution in [3.05, 3.63) is 0 Å². The van der Waals surface area contributed by atoms with Crippen molar-refractivity contribution in [1.29, 1.82) is 0 Å². The highest BCUT2D eigenvalue weighted by Gasteiger charge is 2.42. The molecule has 7 heteroatoms. The van der Waals surface area contributed by atoms with E-state index in [2.05, 4.69) is 5.53 Å². The van der Waals surface area contributed by atoms with Crippen molar-refractivity contribution in [3.63, 3.8) is 0 Å². The lowest BCUT2D eigenvalue weighted by molar-refractivity contribution is -0.158. The molecule has 2 heterocycles. The van der Waals surface area contributed by atoms with Crippen molar-refractivity contribution >= 4 is 23.6 Å². The largest absolute Gasteiger partial charge is 0.273 e. The molecule has 2 aliphatic heterocycles. The maximum Gasteiger partial charge on any atom is 0.248 e. The molecule has 2 rings (SSSR count). The molecule has 17 heavy (non-hydrogen) atoms. The van der Waals surface area contributed by atoms with Crippen LogP contribution >= 0.6 is 0 Å². The number of hydrazine groups is 2. The molecule has 0 saturated carbocycles. The average molecular weight is 239 g/mol. The minimum Gasteiger partial charge on any atom is -0.273 e. The number of hydrogen-bond donors (Lipinski definition) is 1. The Labute approximate surface area is 97.7 Å². The Bertz CT molecular complexity index is 382. The molecule has 2 atom stereocenters. The molecular weight excluding hydrogens is 226 g/mol. The highest BCUT2D eigenvalue weighted by molar-refractivity contribution is 6.05. The topological polar surface area (TPSA) is 86.8 Å². The maximum atomic E-state index is 11.6. The lowest BCUT2D eigenvalue weighted by atomic mass is 10.1. The van der Waals surface area contributed by atoms with Gasteiger partial charge in [-0.2, -0.15) is 10.0 Å². The zero-order chi connectivity index (χ0) is 12.7. The van der Waals surface area contributed by atoms with Crippen LogP contribution in [0.1, 0.15) is 26.7 Å². The fourth-order valence-electron chi connectivity index (χ4n) is 1.88. The second kappa shape index (κ2) is 3.92. The second-order valence-corrected chi connectivity index (χ2v) is 4.45. The van der Waals surface area contributed by atoms with Crippen LogP contribution in [-0.4, -0.2) is 33.6 Å². The van der Waals surface area contributed by atoms with Crippen molar-refractivity contribution in [2.75, 3.05) is 0 Å². The van der Waals surface area contributed by atoms with Crippen molar-refractivity contribution in [1.82, 2.24) is 15.6 Å². The summed E-state index contributed by atoms with van der Waals surface area (Å²) in [5.41, 5.74) is 2.31. The lowest BCUT2D eigenvalue weighted by Gasteiger charge is -2.22. The standard InChI is InChI=1S/C10H13N3O4/c1-5-3-7(14)12(9(5)16)11-13-8(15)4-6(2)10(13)17/h5-6,11H,3-4H2,1-2H3. The van der Waals surface area contributed by atoms with Gasteiger partial charge in [0, 0.05) is 24.7 Å². The number of carbonyl (C=O) groups excluding carboxylic acids is 4. The number of nitrogens with one attached hydrogen (secondary N) is 1. The highest BCUT2D eigenvalue weighted by atomic mass is 16.2. The van der Waals surface area contributed by atoms with Gasteiger partial charge in [0.1, 0.15) is 0 Å². The Morgan fingerprint density at radius 3 is 1.47 bits per heavy atom. The molecule has 2 unspecified atom stereocenters. The summed E-state index contributed by atoms with van der Waals surface area (Å²) in [4.78, 5) is 46.1. The first-order valence-corrected chi connectivity index (χ1v) is 5.41. The summed E-state index contributed by atoms with van der Waals surface area (Å²) in [6, 6.07) is 0. The molecule has 0 aliphatic carbocycles. The van der Waals surface area contributed by atoms with E-state index in [4.69, 9.17) is 0 Å². The summed E-state index contributed by atoms with van der Waals surface area (Å²) in [5, 5.41) is 1.50. The van der Waals surface area contributed by atoms with Crippen LogP contribution in [0.2, 0.25) is 0 Å². The number of carbonyl (C=O) groups is 4. The summed E-state index contributed by atoms with van der Waals surface area (Å²) < 4.78 is 0. The summed E-state index contributed by atoms with van der Waals surface area (Å²) >= 11 is 0. The Morgan fingerprint density at radius 1 is 0.882 bits per heavy atom. The van der Waals surface area contributed by atoms with E-state index in [0.29, 0.717) is 0 Å². The predicted octanol–water partition coefficient (Wildman–Crippen LogP) is -0.804. The number of imide groups is 2. The van der Waals surface area contributed by atoms with Crippen LogP contribution in [0, 0.1) is 11.8 Å². The molecule has 7 nitrogen and oxygen atoms in total. The van der Waals surface area contributed by atoms with Gasteiger partial charge in [-0.15, -0.1) is 5.53 Å². The van der Waals surface area contributed by atoms with Gasteiger partial charge in [0.05, 0.1) is 0 Å². The molecule has 2 aliphatic rings. The van der Waals surface area contributed by atoms with Gasteiger partial charge in [-0.1, -0.05) is 13.8 Å². The van der Waals surface area contributed by atoms with E-state index in [9.17, 15) is 19.2 Å². The first kappa shape index (κ1) is 11.7.